The third kappa shape index (κ3) is 3.62. The molecule has 4 aliphatic rings. The van der Waals surface area contributed by atoms with Gasteiger partial charge in [-0.1, -0.05) is 36.8 Å². The Balaban J connectivity index is 1.69. The van der Waals surface area contributed by atoms with Crippen molar-refractivity contribution in [2.75, 3.05) is 0 Å². The number of rotatable bonds is 3. The van der Waals surface area contributed by atoms with Crippen LogP contribution in [0.2, 0.25) is 0 Å². The van der Waals surface area contributed by atoms with Crippen LogP contribution in [-0.4, -0.2) is 35.4 Å². The van der Waals surface area contributed by atoms with Crippen LogP contribution in [0.15, 0.2) is 47.1 Å². The Kier molecular flexibility index (Phi) is 5.62. The van der Waals surface area contributed by atoms with E-state index < -0.39 is 47.3 Å². The Morgan fingerprint density at radius 2 is 1.74 bits per heavy atom. The monoisotopic (exact) mass is 494 g/mol. The van der Waals surface area contributed by atoms with Gasteiger partial charge in [-0.3, -0.25) is 9.59 Å². The number of ketones is 1. The molecule has 35 heavy (non-hydrogen) atoms. The number of halogens is 5. The number of hydrogen-bond acceptors (Lipinski definition) is 3. The van der Waals surface area contributed by atoms with Gasteiger partial charge in [0.2, 0.25) is 0 Å². The molecule has 1 aromatic carbocycles. The van der Waals surface area contributed by atoms with Crippen LogP contribution in [-0.2, 0) is 4.79 Å². The van der Waals surface area contributed by atoms with Gasteiger partial charge in [-0.25, -0.2) is 0 Å². The van der Waals surface area contributed by atoms with Crippen molar-refractivity contribution in [3.05, 3.63) is 58.2 Å². The molecule has 4 aliphatic carbocycles. The van der Waals surface area contributed by atoms with Gasteiger partial charge >= 0.3 is 12.1 Å². The third-order valence-corrected chi connectivity index (χ3v) is 9.05. The molecule has 0 radical (unpaired) electrons. The van der Waals surface area contributed by atoms with Gasteiger partial charge in [0.05, 0.1) is 6.10 Å². The minimum atomic E-state index is -5.65. The van der Waals surface area contributed by atoms with Crippen LogP contribution in [0.3, 0.4) is 0 Å². The molecule has 1 N–H and O–H groups in total. The van der Waals surface area contributed by atoms with Crippen molar-refractivity contribution in [2.24, 2.45) is 23.2 Å². The summed E-state index contributed by atoms with van der Waals surface area (Å²) in [6, 6.07) is 6.64. The predicted octanol–water partition coefficient (Wildman–Crippen LogP) is 6.18. The molecule has 0 aromatic heterocycles. The summed E-state index contributed by atoms with van der Waals surface area (Å²) in [7, 11) is 0. The largest absolute Gasteiger partial charge is 0.453 e. The lowest BCUT2D eigenvalue weighted by atomic mass is 9.51. The van der Waals surface area contributed by atoms with E-state index in [1.807, 2.05) is 0 Å². The molecule has 0 saturated heterocycles. The van der Waals surface area contributed by atoms with E-state index in [0.717, 1.165) is 16.7 Å². The summed E-state index contributed by atoms with van der Waals surface area (Å²) >= 11 is 0. The Hall–Kier alpha value is -2.35. The summed E-state index contributed by atoms with van der Waals surface area (Å²) < 4.78 is 70.2. The summed E-state index contributed by atoms with van der Waals surface area (Å²) in [6.45, 7) is 1.53. The number of fused-ring (bicyclic) bond motifs is 4. The van der Waals surface area contributed by atoms with Gasteiger partial charge < -0.3 is 5.11 Å². The summed E-state index contributed by atoms with van der Waals surface area (Å²) in [5, 5.41) is 11.2. The number of alkyl halides is 5. The standard InChI is InChI=1S/C27H27F5O3/c1-25-12-19(15-4-2-14(13-33)3-5-15)23-18-7-6-17(34)10-16(18)11-21(35)24(23)20(25)8-9-22(25)26(28,29)27(30,31)32/h2-5,10,13,19-22,24,35H,6-9,11-12H2,1H3/t19-,20+,21+,22-,24-,25+/m1/s1. The lowest BCUT2D eigenvalue weighted by Gasteiger charge is -2.54. The van der Waals surface area contributed by atoms with Gasteiger partial charge in [-0.2, -0.15) is 22.0 Å². The number of carbonyl (C=O) groups is 2. The Labute approximate surface area is 200 Å². The second kappa shape index (κ2) is 8.08. The van der Waals surface area contributed by atoms with Gasteiger partial charge in [0.15, 0.2) is 5.78 Å². The Bertz CT molecular complexity index is 1120. The number of allylic oxidation sites excluding steroid dienone is 2. The first kappa shape index (κ1) is 24.3. The first-order valence-corrected chi connectivity index (χ1v) is 12.0. The molecule has 8 heteroatoms. The van der Waals surface area contributed by atoms with E-state index in [0.29, 0.717) is 30.3 Å². The van der Waals surface area contributed by atoms with Gasteiger partial charge in [0.1, 0.15) is 6.29 Å². The highest BCUT2D eigenvalue weighted by atomic mass is 19.4. The quantitative estimate of drug-likeness (QED) is 0.403. The molecule has 0 unspecified atom stereocenters. The van der Waals surface area contributed by atoms with Crippen LogP contribution in [0, 0.1) is 23.2 Å². The fraction of sp³-hybridized carbons (Fsp3) is 0.556. The van der Waals surface area contributed by atoms with Crippen molar-refractivity contribution in [3.8, 4) is 0 Å². The molecule has 0 heterocycles. The van der Waals surface area contributed by atoms with E-state index >= 15 is 0 Å². The van der Waals surface area contributed by atoms with Crippen LogP contribution in [0.4, 0.5) is 22.0 Å². The van der Waals surface area contributed by atoms with Crippen LogP contribution < -0.4 is 0 Å². The number of carbonyl (C=O) groups excluding carboxylic acids is 2. The predicted molar refractivity (Wildman–Crippen MR) is 118 cm³/mol. The second-order valence-electron chi connectivity index (χ2n) is 10.8. The van der Waals surface area contributed by atoms with Crippen LogP contribution in [0.1, 0.15) is 67.3 Å². The fourth-order valence-corrected chi connectivity index (χ4v) is 7.56. The van der Waals surface area contributed by atoms with E-state index in [2.05, 4.69) is 0 Å². The van der Waals surface area contributed by atoms with Crippen molar-refractivity contribution in [1.82, 2.24) is 0 Å². The minimum Gasteiger partial charge on any atom is -0.392 e. The van der Waals surface area contributed by atoms with Gasteiger partial charge in [-0.05, 0) is 66.2 Å². The zero-order valence-corrected chi connectivity index (χ0v) is 19.2. The SMILES string of the molecule is C[C@]12C[C@H](c3ccc(C=O)cc3)C3=C4CCC(=O)C=C4C[C@H](O)[C@H]3[C@@H]1CC[C@H]2C(F)(F)C(F)(F)F. The van der Waals surface area contributed by atoms with E-state index in [4.69, 9.17) is 0 Å². The first-order valence-electron chi connectivity index (χ1n) is 12.0. The topological polar surface area (TPSA) is 54.4 Å². The van der Waals surface area contributed by atoms with Crippen LogP contribution in [0.25, 0.3) is 0 Å². The average molecular weight is 495 g/mol. The summed E-state index contributed by atoms with van der Waals surface area (Å²) in [5.74, 6) is -8.33. The zero-order chi connectivity index (χ0) is 25.3. The van der Waals surface area contributed by atoms with Gasteiger partial charge in [0, 0.05) is 29.7 Å². The van der Waals surface area contributed by atoms with E-state index in [-0.39, 0.29) is 31.5 Å². The summed E-state index contributed by atoms with van der Waals surface area (Å²) in [6.07, 6.45) is -3.43. The molecule has 0 bridgehead atoms. The molecule has 2 fully saturated rings. The van der Waals surface area contributed by atoms with Gasteiger partial charge in [0.25, 0.3) is 0 Å². The molecule has 1 aromatic rings. The highest BCUT2D eigenvalue weighted by Gasteiger charge is 2.71. The first-order chi connectivity index (χ1) is 16.4. The maximum absolute atomic E-state index is 14.8. The Morgan fingerprint density at radius 1 is 1.06 bits per heavy atom. The minimum absolute atomic E-state index is 0.0340. The van der Waals surface area contributed by atoms with Crippen molar-refractivity contribution >= 4 is 12.1 Å². The molecular weight excluding hydrogens is 467 g/mol. The lowest BCUT2D eigenvalue weighted by molar-refractivity contribution is -0.315. The summed E-state index contributed by atoms with van der Waals surface area (Å²) in [4.78, 5) is 23.2. The molecule has 3 nitrogen and oxygen atoms in total. The Morgan fingerprint density at radius 3 is 2.37 bits per heavy atom. The van der Waals surface area contributed by atoms with Gasteiger partial charge in [-0.15, -0.1) is 0 Å². The van der Waals surface area contributed by atoms with Crippen molar-refractivity contribution in [1.29, 1.82) is 0 Å². The number of aliphatic hydroxyl groups excluding tert-OH is 1. The molecule has 0 spiro atoms. The third-order valence-electron chi connectivity index (χ3n) is 9.05. The fourth-order valence-electron chi connectivity index (χ4n) is 7.56. The van der Waals surface area contributed by atoms with E-state index in [9.17, 15) is 36.6 Å². The molecule has 6 atom stereocenters. The van der Waals surface area contributed by atoms with E-state index in [1.54, 1.807) is 30.3 Å². The maximum atomic E-state index is 14.8. The van der Waals surface area contributed by atoms with Crippen LogP contribution >= 0.6 is 0 Å². The van der Waals surface area contributed by atoms with E-state index in [1.165, 1.54) is 6.92 Å². The average Bonchev–Trinajstić information content (AvgIpc) is 3.14. The van der Waals surface area contributed by atoms with Crippen molar-refractivity contribution in [3.63, 3.8) is 0 Å². The number of aliphatic hydroxyl groups is 1. The molecule has 2 saturated carbocycles. The second-order valence-corrected chi connectivity index (χ2v) is 10.8. The molecule has 0 aliphatic heterocycles. The molecule has 0 amide bonds. The number of aldehydes is 1. The normalized spacial score (nSPS) is 35.2. The molecular formula is C27H27F5O3. The highest BCUT2D eigenvalue weighted by molar-refractivity contribution is 5.93. The van der Waals surface area contributed by atoms with Crippen molar-refractivity contribution in [2.45, 2.75) is 69.6 Å². The number of benzene rings is 1. The lowest BCUT2D eigenvalue weighted by Crippen LogP contribution is -2.54. The summed E-state index contributed by atoms with van der Waals surface area (Å²) in [5.41, 5.74) is 2.35. The van der Waals surface area contributed by atoms with Crippen molar-refractivity contribution < 1.29 is 36.6 Å². The molecule has 188 valence electrons. The van der Waals surface area contributed by atoms with Crippen LogP contribution in [0.5, 0.6) is 0 Å². The maximum Gasteiger partial charge on any atom is 0.453 e. The molecule has 5 rings (SSSR count). The highest BCUT2D eigenvalue weighted by Crippen LogP contribution is 2.69. The smallest absolute Gasteiger partial charge is 0.392 e. The zero-order valence-electron chi connectivity index (χ0n) is 19.2. The number of hydrogen-bond donors (Lipinski definition) is 1.